The van der Waals surface area contributed by atoms with Gasteiger partial charge in [-0.25, -0.2) is 0 Å². The van der Waals surface area contributed by atoms with E-state index in [4.69, 9.17) is 24.4 Å². The highest BCUT2D eigenvalue weighted by Gasteiger charge is 2.21. The molecule has 0 bridgehead atoms. The molecule has 70 valence electrons. The molecule has 0 amide bonds. The molecule has 2 heteroatoms. The normalized spacial score (nSPS) is 21.3. The van der Waals surface area contributed by atoms with E-state index in [1.165, 1.54) is 5.56 Å². The summed E-state index contributed by atoms with van der Waals surface area (Å²) in [4.78, 5) is 1.97. The average Bonchev–Trinajstić information content (AvgIpc) is 2.19. The molecule has 1 aromatic carbocycles. The fourth-order valence-corrected chi connectivity index (χ4v) is 2.47. The van der Waals surface area contributed by atoms with Crippen LogP contribution in [0, 0.1) is 0 Å². The molecule has 0 fully saturated rings. The van der Waals surface area contributed by atoms with E-state index < -0.39 is 0 Å². The first-order valence-corrected chi connectivity index (χ1v) is 5.39. The second-order valence-corrected chi connectivity index (χ2v) is 4.31. The predicted molar refractivity (Wildman–Crippen MR) is 68.1 cm³/mol. The number of hydrogen-bond acceptors (Lipinski definition) is 2. The van der Waals surface area contributed by atoms with Gasteiger partial charge in [0.15, 0.2) is 0 Å². The van der Waals surface area contributed by atoms with Crippen LogP contribution in [0.2, 0.25) is 0 Å². The molecule has 0 aromatic heterocycles. The molecule has 14 heavy (non-hydrogen) atoms. The maximum absolute atomic E-state index is 5.35. The molecule has 0 spiro atoms. The monoisotopic (exact) mass is 218 g/mol. The zero-order valence-corrected chi connectivity index (χ0v) is 9.28. The SMILES string of the molecule is S=C1C=CCC(=S)C1c1ccccc1. The van der Waals surface area contributed by atoms with Gasteiger partial charge in [-0.1, -0.05) is 66.9 Å². The van der Waals surface area contributed by atoms with Crippen molar-refractivity contribution in [1.29, 1.82) is 0 Å². The maximum atomic E-state index is 5.35. The lowest BCUT2D eigenvalue weighted by Crippen LogP contribution is -2.20. The zero-order chi connectivity index (χ0) is 9.97. The average molecular weight is 218 g/mol. The molecule has 1 unspecified atom stereocenters. The standard InChI is InChI=1S/C12H10S2/c13-10-7-4-8-11(14)12(10)9-5-2-1-3-6-9/h1-7,12H,8H2. The fourth-order valence-electron chi connectivity index (χ4n) is 1.66. The smallest absolute Gasteiger partial charge is 0.0508 e. The Morgan fingerprint density at radius 1 is 1.07 bits per heavy atom. The number of hydrogen-bond donors (Lipinski definition) is 0. The van der Waals surface area contributed by atoms with Crippen molar-refractivity contribution in [2.75, 3.05) is 0 Å². The quantitative estimate of drug-likeness (QED) is 0.662. The first-order valence-electron chi connectivity index (χ1n) is 4.57. The van der Waals surface area contributed by atoms with E-state index in [2.05, 4.69) is 12.1 Å². The first-order chi connectivity index (χ1) is 6.79. The van der Waals surface area contributed by atoms with Crippen molar-refractivity contribution in [1.82, 2.24) is 0 Å². The van der Waals surface area contributed by atoms with Crippen LogP contribution in [0.3, 0.4) is 0 Å². The van der Waals surface area contributed by atoms with Crippen molar-refractivity contribution < 1.29 is 0 Å². The van der Waals surface area contributed by atoms with Gasteiger partial charge in [-0.15, -0.1) is 0 Å². The largest absolute Gasteiger partial charge is 0.0883 e. The second kappa shape index (κ2) is 4.11. The van der Waals surface area contributed by atoms with Crippen LogP contribution in [0.1, 0.15) is 17.9 Å². The molecule has 0 saturated heterocycles. The van der Waals surface area contributed by atoms with Gasteiger partial charge in [-0.2, -0.15) is 0 Å². The number of rotatable bonds is 1. The Labute approximate surface area is 94.6 Å². The van der Waals surface area contributed by atoms with Crippen LogP contribution >= 0.6 is 24.4 Å². The molecule has 2 rings (SSSR count). The van der Waals surface area contributed by atoms with Crippen molar-refractivity contribution in [2.24, 2.45) is 0 Å². The molecule has 0 heterocycles. The summed E-state index contributed by atoms with van der Waals surface area (Å²) in [5.74, 6) is 0.172. The zero-order valence-electron chi connectivity index (χ0n) is 7.64. The van der Waals surface area contributed by atoms with E-state index in [1.807, 2.05) is 30.4 Å². The number of allylic oxidation sites excluding steroid dienone is 2. The third-order valence-electron chi connectivity index (χ3n) is 2.34. The summed E-state index contributed by atoms with van der Waals surface area (Å²) in [7, 11) is 0. The topological polar surface area (TPSA) is 0 Å². The summed E-state index contributed by atoms with van der Waals surface area (Å²) in [6.45, 7) is 0. The Hall–Kier alpha value is -0.860. The van der Waals surface area contributed by atoms with E-state index in [9.17, 15) is 0 Å². The van der Waals surface area contributed by atoms with Gasteiger partial charge < -0.3 is 0 Å². The van der Waals surface area contributed by atoms with Crippen LogP contribution in [-0.2, 0) is 0 Å². The van der Waals surface area contributed by atoms with E-state index in [0.717, 1.165) is 16.1 Å². The molecule has 0 aliphatic heterocycles. The lowest BCUT2D eigenvalue weighted by atomic mass is 9.87. The predicted octanol–water partition coefficient (Wildman–Crippen LogP) is 3.47. The van der Waals surface area contributed by atoms with Crippen LogP contribution in [-0.4, -0.2) is 9.73 Å². The highest BCUT2D eigenvalue weighted by Crippen LogP contribution is 2.25. The minimum Gasteiger partial charge on any atom is -0.0883 e. The molecule has 1 aliphatic carbocycles. The lowest BCUT2D eigenvalue weighted by Gasteiger charge is -2.20. The van der Waals surface area contributed by atoms with Crippen molar-refractivity contribution >= 4 is 34.2 Å². The van der Waals surface area contributed by atoms with Crippen molar-refractivity contribution in [3.8, 4) is 0 Å². The highest BCUT2D eigenvalue weighted by molar-refractivity contribution is 7.82. The third kappa shape index (κ3) is 1.81. The molecule has 1 aromatic rings. The summed E-state index contributed by atoms with van der Waals surface area (Å²) < 4.78 is 0. The molecule has 0 N–H and O–H groups in total. The summed E-state index contributed by atoms with van der Waals surface area (Å²) in [6.07, 6.45) is 4.92. The molecule has 0 nitrogen and oxygen atoms in total. The summed E-state index contributed by atoms with van der Waals surface area (Å²) in [5.41, 5.74) is 1.21. The Kier molecular flexibility index (Phi) is 2.85. The molecule has 0 saturated carbocycles. The van der Waals surface area contributed by atoms with Gasteiger partial charge in [0.25, 0.3) is 0 Å². The van der Waals surface area contributed by atoms with Gasteiger partial charge in [0.1, 0.15) is 0 Å². The molecule has 0 radical (unpaired) electrons. The number of thiocarbonyl (C=S) groups is 2. The van der Waals surface area contributed by atoms with Crippen LogP contribution < -0.4 is 0 Å². The minimum absolute atomic E-state index is 0.172. The Morgan fingerprint density at radius 3 is 2.43 bits per heavy atom. The van der Waals surface area contributed by atoms with Crippen LogP contribution in [0.4, 0.5) is 0 Å². The van der Waals surface area contributed by atoms with Gasteiger partial charge in [0.05, 0.1) is 5.92 Å². The summed E-state index contributed by atoms with van der Waals surface area (Å²) in [6, 6.07) is 10.2. The van der Waals surface area contributed by atoms with Crippen LogP contribution in [0.5, 0.6) is 0 Å². The molecule has 1 aliphatic rings. The van der Waals surface area contributed by atoms with Gasteiger partial charge in [-0.05, 0) is 12.0 Å². The van der Waals surface area contributed by atoms with Crippen LogP contribution in [0.15, 0.2) is 42.5 Å². The second-order valence-electron chi connectivity index (χ2n) is 3.32. The van der Waals surface area contributed by atoms with Crippen LogP contribution in [0.25, 0.3) is 0 Å². The lowest BCUT2D eigenvalue weighted by molar-refractivity contribution is 1.19. The third-order valence-corrected chi connectivity index (χ3v) is 3.11. The minimum atomic E-state index is 0.172. The van der Waals surface area contributed by atoms with Gasteiger partial charge in [-0.3, -0.25) is 0 Å². The van der Waals surface area contributed by atoms with Gasteiger partial charge >= 0.3 is 0 Å². The summed E-state index contributed by atoms with van der Waals surface area (Å²) in [5, 5.41) is 0. The van der Waals surface area contributed by atoms with E-state index in [0.29, 0.717) is 0 Å². The summed E-state index contributed by atoms with van der Waals surface area (Å²) >= 11 is 10.7. The number of benzene rings is 1. The van der Waals surface area contributed by atoms with E-state index in [-0.39, 0.29) is 5.92 Å². The Bertz CT molecular complexity index is 390. The maximum Gasteiger partial charge on any atom is 0.0508 e. The Morgan fingerprint density at radius 2 is 1.79 bits per heavy atom. The highest BCUT2D eigenvalue weighted by atomic mass is 32.1. The fraction of sp³-hybridized carbons (Fsp3) is 0.167. The molecular formula is C12H10S2. The Balaban J connectivity index is 2.38. The van der Waals surface area contributed by atoms with E-state index in [1.54, 1.807) is 0 Å². The van der Waals surface area contributed by atoms with Crippen molar-refractivity contribution in [2.45, 2.75) is 12.3 Å². The van der Waals surface area contributed by atoms with E-state index >= 15 is 0 Å². The molecule has 1 atom stereocenters. The van der Waals surface area contributed by atoms with Crippen molar-refractivity contribution in [3.05, 3.63) is 48.0 Å². The molecular weight excluding hydrogens is 208 g/mol. The van der Waals surface area contributed by atoms with Gasteiger partial charge in [0, 0.05) is 9.73 Å². The van der Waals surface area contributed by atoms with Gasteiger partial charge in [0.2, 0.25) is 0 Å². The van der Waals surface area contributed by atoms with Crippen molar-refractivity contribution in [3.63, 3.8) is 0 Å². The first kappa shape index (κ1) is 9.69.